The second-order valence-corrected chi connectivity index (χ2v) is 6.49. The minimum atomic E-state index is -0.133. The molecule has 0 bridgehead atoms. The molecule has 4 rings (SSSR count). The largest absolute Gasteiger partial charge is 0.461 e. The van der Waals surface area contributed by atoms with Crippen LogP contribution >= 0.6 is 0 Å². The number of nitrogens with one attached hydrogen (secondary N) is 2. The van der Waals surface area contributed by atoms with Crippen molar-refractivity contribution in [3.63, 3.8) is 0 Å². The van der Waals surface area contributed by atoms with E-state index in [4.69, 9.17) is 4.42 Å². The quantitative estimate of drug-likeness (QED) is 0.692. The molecule has 1 aliphatic rings. The fraction of sp³-hybridized carbons (Fsp3) is 0.250. The number of aromatic nitrogens is 1. The van der Waals surface area contributed by atoms with Crippen molar-refractivity contribution in [3.8, 4) is 0 Å². The van der Waals surface area contributed by atoms with Crippen molar-refractivity contribution in [2.45, 2.75) is 25.8 Å². The summed E-state index contributed by atoms with van der Waals surface area (Å²) in [6.45, 7) is 2.70. The van der Waals surface area contributed by atoms with Gasteiger partial charge in [-0.3, -0.25) is 4.79 Å². The Morgan fingerprint density at radius 2 is 2.17 bits per heavy atom. The third kappa shape index (κ3) is 3.13. The van der Waals surface area contributed by atoms with Crippen molar-refractivity contribution in [2.24, 2.45) is 5.92 Å². The lowest BCUT2D eigenvalue weighted by Crippen LogP contribution is -2.20. The molecule has 1 fully saturated rings. The van der Waals surface area contributed by atoms with Crippen LogP contribution in [-0.4, -0.2) is 10.9 Å². The molecule has 3 aromatic rings. The van der Waals surface area contributed by atoms with Crippen LogP contribution in [0.1, 0.15) is 36.5 Å². The smallest absolute Gasteiger partial charge is 0.244 e. The molecule has 2 heterocycles. The number of hydrogen-bond acceptors (Lipinski definition) is 2. The zero-order chi connectivity index (χ0) is 16.5. The van der Waals surface area contributed by atoms with Gasteiger partial charge in [-0.05, 0) is 48.1 Å². The van der Waals surface area contributed by atoms with Gasteiger partial charge < -0.3 is 14.7 Å². The average molecular weight is 320 g/mol. The second kappa shape index (κ2) is 6.04. The van der Waals surface area contributed by atoms with Crippen molar-refractivity contribution in [2.75, 3.05) is 0 Å². The molecule has 0 spiro atoms. The number of rotatable bonds is 5. The maximum absolute atomic E-state index is 12.0. The van der Waals surface area contributed by atoms with E-state index in [9.17, 15) is 4.79 Å². The topological polar surface area (TPSA) is 58.0 Å². The highest BCUT2D eigenvalue weighted by Crippen LogP contribution is 2.47. The van der Waals surface area contributed by atoms with Gasteiger partial charge >= 0.3 is 0 Å². The van der Waals surface area contributed by atoms with Gasteiger partial charge in [-0.25, -0.2) is 0 Å². The van der Waals surface area contributed by atoms with E-state index in [-0.39, 0.29) is 5.91 Å². The fourth-order valence-electron chi connectivity index (χ4n) is 3.00. The Kier molecular flexibility index (Phi) is 3.73. The number of carbonyl (C=O) groups is 1. The molecule has 1 amide bonds. The van der Waals surface area contributed by atoms with E-state index in [0.29, 0.717) is 18.4 Å². The van der Waals surface area contributed by atoms with Gasteiger partial charge in [0.2, 0.25) is 5.91 Å². The molecule has 4 nitrogen and oxygen atoms in total. The Bertz CT molecular complexity index is 870. The summed E-state index contributed by atoms with van der Waals surface area (Å²) in [5, 5.41) is 4.03. The summed E-state index contributed by atoms with van der Waals surface area (Å²) in [5.74, 6) is 2.90. The van der Waals surface area contributed by atoms with Gasteiger partial charge in [-0.1, -0.05) is 25.1 Å². The molecule has 1 aliphatic carbocycles. The summed E-state index contributed by atoms with van der Waals surface area (Å²) in [4.78, 5) is 15.3. The minimum absolute atomic E-state index is 0.133. The minimum Gasteiger partial charge on any atom is -0.461 e. The lowest BCUT2D eigenvalue weighted by atomic mass is 10.2. The van der Waals surface area contributed by atoms with E-state index in [0.717, 1.165) is 28.1 Å². The first-order valence-corrected chi connectivity index (χ1v) is 8.31. The van der Waals surface area contributed by atoms with Gasteiger partial charge in [-0.15, -0.1) is 0 Å². The van der Waals surface area contributed by atoms with E-state index < -0.39 is 0 Å². The number of fused-ring (bicyclic) bond motifs is 1. The zero-order valence-electron chi connectivity index (χ0n) is 13.6. The SMILES string of the molecule is C[C@@H]1C[C@@H]1c1ccc(/C=C/C(=O)NCc2cc3ccccc3[nH]2)o1. The molecule has 0 aliphatic heterocycles. The van der Waals surface area contributed by atoms with E-state index in [1.165, 1.54) is 12.5 Å². The normalized spacial score (nSPS) is 19.9. The van der Waals surface area contributed by atoms with Crippen LogP contribution in [0.25, 0.3) is 17.0 Å². The van der Waals surface area contributed by atoms with Crippen LogP contribution in [0.5, 0.6) is 0 Å². The number of aromatic amines is 1. The lowest BCUT2D eigenvalue weighted by molar-refractivity contribution is -0.116. The number of para-hydroxylation sites is 1. The second-order valence-electron chi connectivity index (χ2n) is 6.49. The highest BCUT2D eigenvalue weighted by molar-refractivity contribution is 5.91. The molecule has 1 saturated carbocycles. The van der Waals surface area contributed by atoms with Crippen molar-refractivity contribution in [1.82, 2.24) is 10.3 Å². The van der Waals surface area contributed by atoms with E-state index >= 15 is 0 Å². The molecule has 24 heavy (non-hydrogen) atoms. The molecule has 2 atom stereocenters. The molecular weight excluding hydrogens is 300 g/mol. The summed E-state index contributed by atoms with van der Waals surface area (Å²) in [6.07, 6.45) is 4.43. The summed E-state index contributed by atoms with van der Waals surface area (Å²) < 4.78 is 5.76. The van der Waals surface area contributed by atoms with Crippen LogP contribution < -0.4 is 5.32 Å². The van der Waals surface area contributed by atoms with Gasteiger partial charge in [0.05, 0.1) is 6.54 Å². The number of hydrogen-bond donors (Lipinski definition) is 2. The monoisotopic (exact) mass is 320 g/mol. The van der Waals surface area contributed by atoms with Crippen molar-refractivity contribution >= 4 is 22.9 Å². The van der Waals surface area contributed by atoms with Gasteiger partial charge in [-0.2, -0.15) is 0 Å². The first-order valence-electron chi connectivity index (χ1n) is 8.31. The zero-order valence-corrected chi connectivity index (χ0v) is 13.6. The van der Waals surface area contributed by atoms with Gasteiger partial charge in [0, 0.05) is 23.2 Å². The molecular formula is C20H20N2O2. The van der Waals surface area contributed by atoms with E-state index in [1.807, 2.05) is 36.4 Å². The van der Waals surface area contributed by atoms with Crippen LogP contribution in [-0.2, 0) is 11.3 Å². The summed E-state index contributed by atoms with van der Waals surface area (Å²) in [5.41, 5.74) is 2.07. The number of benzene rings is 1. The Morgan fingerprint density at radius 1 is 1.33 bits per heavy atom. The van der Waals surface area contributed by atoms with Crippen molar-refractivity contribution in [1.29, 1.82) is 0 Å². The third-order valence-corrected chi connectivity index (χ3v) is 4.56. The van der Waals surface area contributed by atoms with Crippen LogP contribution in [0.15, 0.2) is 53.0 Å². The highest BCUT2D eigenvalue weighted by Gasteiger charge is 2.36. The predicted octanol–water partition coefficient (Wildman–Crippen LogP) is 4.21. The molecule has 2 N–H and O–H groups in total. The molecule has 122 valence electrons. The van der Waals surface area contributed by atoms with Crippen molar-refractivity contribution < 1.29 is 9.21 Å². The Labute approximate surface area is 140 Å². The maximum Gasteiger partial charge on any atom is 0.244 e. The van der Waals surface area contributed by atoms with Gasteiger partial charge in [0.15, 0.2) is 0 Å². The standard InChI is InChI=1S/C20H20N2O2/c1-13-10-17(13)19-8-6-16(24-19)7-9-20(23)21-12-15-11-14-4-2-3-5-18(14)22-15/h2-9,11,13,17,22H,10,12H2,1H3,(H,21,23)/b9-7+/t13-,17+/m1/s1. The highest BCUT2D eigenvalue weighted by atomic mass is 16.3. The van der Waals surface area contributed by atoms with E-state index in [1.54, 1.807) is 6.08 Å². The number of H-pyrrole nitrogens is 1. The summed E-state index contributed by atoms with van der Waals surface area (Å²) in [7, 11) is 0. The maximum atomic E-state index is 12.0. The number of amides is 1. The Hall–Kier alpha value is -2.75. The molecule has 4 heteroatoms. The number of carbonyl (C=O) groups excluding carboxylic acids is 1. The van der Waals surface area contributed by atoms with Crippen LogP contribution in [0.2, 0.25) is 0 Å². The summed E-state index contributed by atoms with van der Waals surface area (Å²) in [6, 6.07) is 14.0. The van der Waals surface area contributed by atoms with Crippen LogP contribution in [0.4, 0.5) is 0 Å². The van der Waals surface area contributed by atoms with E-state index in [2.05, 4.69) is 23.3 Å². The average Bonchev–Trinajstić information content (AvgIpc) is 3.02. The number of furan rings is 1. The van der Waals surface area contributed by atoms with Crippen molar-refractivity contribution in [3.05, 3.63) is 65.8 Å². The lowest BCUT2D eigenvalue weighted by Gasteiger charge is -1.99. The van der Waals surface area contributed by atoms with Crippen LogP contribution in [0, 0.1) is 5.92 Å². The molecule has 1 aromatic carbocycles. The summed E-state index contributed by atoms with van der Waals surface area (Å²) >= 11 is 0. The van der Waals surface area contributed by atoms with Gasteiger partial charge in [0.1, 0.15) is 11.5 Å². The third-order valence-electron chi connectivity index (χ3n) is 4.56. The van der Waals surface area contributed by atoms with Crippen LogP contribution in [0.3, 0.4) is 0 Å². The first-order chi connectivity index (χ1) is 11.7. The first kappa shape index (κ1) is 14.8. The fourth-order valence-corrected chi connectivity index (χ4v) is 3.00. The Morgan fingerprint density at radius 3 is 2.96 bits per heavy atom. The predicted molar refractivity (Wildman–Crippen MR) is 94.4 cm³/mol. The molecule has 0 saturated heterocycles. The molecule has 0 radical (unpaired) electrons. The Balaban J connectivity index is 1.33. The van der Waals surface area contributed by atoms with Gasteiger partial charge in [0.25, 0.3) is 0 Å². The molecule has 2 aromatic heterocycles. The molecule has 0 unspecified atom stereocenters.